The van der Waals surface area contributed by atoms with E-state index in [2.05, 4.69) is 36.0 Å². The van der Waals surface area contributed by atoms with Crippen LogP contribution in [0, 0.1) is 0 Å². The molecular weight excluding hydrogens is 340 g/mol. The van der Waals surface area contributed by atoms with Gasteiger partial charge in [-0.1, -0.05) is 66.3 Å². The summed E-state index contributed by atoms with van der Waals surface area (Å²) in [5.41, 5.74) is 10.2. The first kappa shape index (κ1) is 20.8. The van der Waals surface area contributed by atoms with Gasteiger partial charge < -0.3 is 20.8 Å². The zero-order valence-electron chi connectivity index (χ0n) is 15.8. The summed E-state index contributed by atoms with van der Waals surface area (Å²) in [6, 6.07) is 16.4. The van der Waals surface area contributed by atoms with Crippen molar-refractivity contribution in [1.82, 2.24) is 0 Å². The number of aliphatic hydroxyl groups is 2. The predicted octanol–water partition coefficient (Wildman–Crippen LogP) is 2.89. The molecule has 5 heteroatoms. The third kappa shape index (κ3) is 6.03. The molecule has 0 unspecified atom stereocenters. The van der Waals surface area contributed by atoms with Gasteiger partial charge in [-0.2, -0.15) is 0 Å². The van der Waals surface area contributed by atoms with Gasteiger partial charge in [-0.15, -0.1) is 0 Å². The number of hydrogen-bond donors (Lipinski definition) is 3. The second-order valence-electron chi connectivity index (χ2n) is 6.71. The van der Waals surface area contributed by atoms with Crippen LogP contribution in [-0.4, -0.2) is 41.3 Å². The second-order valence-corrected chi connectivity index (χ2v) is 6.71. The summed E-state index contributed by atoms with van der Waals surface area (Å²) >= 11 is 0. The third-order valence-corrected chi connectivity index (χ3v) is 4.53. The summed E-state index contributed by atoms with van der Waals surface area (Å²) < 4.78 is 0. The van der Waals surface area contributed by atoms with E-state index in [1.807, 2.05) is 31.2 Å². The first-order valence-corrected chi connectivity index (χ1v) is 8.99. The molecule has 0 saturated heterocycles. The first-order chi connectivity index (χ1) is 13.0. The van der Waals surface area contributed by atoms with Crippen LogP contribution in [0.15, 0.2) is 66.3 Å². The molecule has 0 aromatic heterocycles. The molecule has 0 radical (unpaired) electrons. The van der Waals surface area contributed by atoms with Crippen LogP contribution in [0.1, 0.15) is 24.5 Å². The van der Waals surface area contributed by atoms with Crippen LogP contribution in [-0.2, 0) is 11.3 Å². The fourth-order valence-electron chi connectivity index (χ4n) is 2.61. The summed E-state index contributed by atoms with van der Waals surface area (Å²) in [7, 11) is 0. The van der Waals surface area contributed by atoms with E-state index in [4.69, 9.17) is 10.6 Å². The number of rotatable bonds is 10. The highest BCUT2D eigenvalue weighted by Crippen LogP contribution is 2.22. The summed E-state index contributed by atoms with van der Waals surface area (Å²) in [5.74, 6) is 0. The van der Waals surface area contributed by atoms with Crippen molar-refractivity contribution in [2.45, 2.75) is 25.3 Å². The number of nitrogens with zero attached hydrogens (tertiary/aromatic N) is 1. The Hall–Kier alpha value is -2.47. The highest BCUT2D eigenvalue weighted by molar-refractivity contribution is 5.98. The zero-order valence-corrected chi connectivity index (χ0v) is 15.8. The zero-order chi connectivity index (χ0) is 19.7. The van der Waals surface area contributed by atoms with E-state index in [1.165, 1.54) is 0 Å². The van der Waals surface area contributed by atoms with Crippen LogP contribution in [0.3, 0.4) is 0 Å². The molecule has 0 bridgehead atoms. The second kappa shape index (κ2) is 10.0. The van der Waals surface area contributed by atoms with Gasteiger partial charge in [0.1, 0.15) is 6.61 Å². The molecule has 0 aliphatic rings. The van der Waals surface area contributed by atoms with E-state index in [0.29, 0.717) is 19.4 Å². The maximum Gasteiger partial charge on any atom is 0.135 e. The number of benzene rings is 2. The normalized spacial score (nSPS) is 12.1. The van der Waals surface area contributed by atoms with Crippen molar-refractivity contribution >= 4 is 5.71 Å². The van der Waals surface area contributed by atoms with Crippen molar-refractivity contribution in [2.75, 3.05) is 19.8 Å². The molecule has 0 amide bonds. The van der Waals surface area contributed by atoms with Gasteiger partial charge >= 0.3 is 0 Å². The molecule has 0 aliphatic carbocycles. The van der Waals surface area contributed by atoms with Crippen LogP contribution in [0.5, 0.6) is 0 Å². The molecule has 4 N–H and O–H groups in total. The lowest BCUT2D eigenvalue weighted by Gasteiger charge is -2.24. The molecule has 2 aromatic carbocycles. The Balaban J connectivity index is 2.02. The summed E-state index contributed by atoms with van der Waals surface area (Å²) in [6.07, 6.45) is 2.89. The Kier molecular flexibility index (Phi) is 7.73. The van der Waals surface area contributed by atoms with Gasteiger partial charge in [0.2, 0.25) is 0 Å². The van der Waals surface area contributed by atoms with Crippen LogP contribution in [0.25, 0.3) is 11.1 Å². The van der Waals surface area contributed by atoms with E-state index in [0.717, 1.165) is 28.0 Å². The van der Waals surface area contributed by atoms with Crippen molar-refractivity contribution in [1.29, 1.82) is 0 Å². The Morgan fingerprint density at radius 3 is 2.15 bits per heavy atom. The van der Waals surface area contributed by atoms with Gasteiger partial charge in [0.25, 0.3) is 0 Å². The molecule has 144 valence electrons. The largest absolute Gasteiger partial charge is 0.394 e. The van der Waals surface area contributed by atoms with E-state index in [9.17, 15) is 10.2 Å². The van der Waals surface area contributed by atoms with Gasteiger partial charge in [-0.25, -0.2) is 0 Å². The number of aliphatic hydroxyl groups excluding tert-OH is 2. The highest BCUT2D eigenvalue weighted by Gasteiger charge is 2.22. The van der Waals surface area contributed by atoms with Crippen LogP contribution in [0.2, 0.25) is 0 Å². The molecule has 2 rings (SSSR count). The van der Waals surface area contributed by atoms with E-state index < -0.39 is 5.54 Å². The Morgan fingerprint density at radius 2 is 1.63 bits per heavy atom. The van der Waals surface area contributed by atoms with Crippen molar-refractivity contribution in [3.63, 3.8) is 0 Å². The highest BCUT2D eigenvalue weighted by atomic mass is 16.6. The Labute approximate surface area is 160 Å². The maximum atomic E-state index is 9.27. The molecule has 0 saturated carbocycles. The number of hydrogen-bond acceptors (Lipinski definition) is 5. The van der Waals surface area contributed by atoms with Gasteiger partial charge in [-0.05, 0) is 42.0 Å². The van der Waals surface area contributed by atoms with Crippen LogP contribution >= 0.6 is 0 Å². The summed E-state index contributed by atoms with van der Waals surface area (Å²) in [4.78, 5) is 5.12. The number of aryl methyl sites for hydroxylation is 1. The Morgan fingerprint density at radius 1 is 1.07 bits per heavy atom. The summed E-state index contributed by atoms with van der Waals surface area (Å²) in [5, 5.41) is 22.6. The molecule has 2 aromatic rings. The molecular formula is C22H28N2O3. The molecule has 0 heterocycles. The first-order valence-electron chi connectivity index (χ1n) is 8.99. The monoisotopic (exact) mass is 368 g/mol. The molecule has 0 atom stereocenters. The maximum absolute atomic E-state index is 9.27. The fourth-order valence-corrected chi connectivity index (χ4v) is 2.61. The number of oxime groups is 1. The van der Waals surface area contributed by atoms with Crippen LogP contribution in [0.4, 0.5) is 0 Å². The predicted molar refractivity (Wildman–Crippen MR) is 110 cm³/mol. The average molecular weight is 368 g/mol. The fraction of sp³-hybridized carbons (Fsp3) is 0.318. The minimum Gasteiger partial charge on any atom is -0.394 e. The van der Waals surface area contributed by atoms with Crippen molar-refractivity contribution in [3.05, 3.63) is 72.3 Å². The quantitative estimate of drug-likeness (QED) is 0.260. The minimum atomic E-state index is -0.927. The molecule has 0 aliphatic heterocycles. The standard InChI is InChI=1S/C22H28N2O3/c1-3-14-27-24-17(2)19-8-10-21(11-9-19)20-6-4-18(5-7-20)12-13-22(23,15-25)16-26/h3-11,25-26H,1,12-16,23H2,2H3/b24-17+. The van der Waals surface area contributed by atoms with Gasteiger partial charge in [0.15, 0.2) is 0 Å². The minimum absolute atomic E-state index is 0.227. The lowest BCUT2D eigenvalue weighted by atomic mass is 9.93. The molecule has 0 spiro atoms. The lowest BCUT2D eigenvalue weighted by Crippen LogP contribution is -2.47. The number of nitrogens with two attached hydrogens (primary N) is 1. The van der Waals surface area contributed by atoms with E-state index in [1.54, 1.807) is 6.08 Å². The van der Waals surface area contributed by atoms with Crippen molar-refractivity contribution < 1.29 is 15.1 Å². The van der Waals surface area contributed by atoms with Gasteiger partial charge in [0, 0.05) is 0 Å². The van der Waals surface area contributed by atoms with Gasteiger partial charge in [0.05, 0.1) is 24.5 Å². The smallest absolute Gasteiger partial charge is 0.135 e. The molecule has 27 heavy (non-hydrogen) atoms. The molecule has 5 nitrogen and oxygen atoms in total. The van der Waals surface area contributed by atoms with Crippen molar-refractivity contribution in [3.8, 4) is 11.1 Å². The third-order valence-electron chi connectivity index (χ3n) is 4.53. The van der Waals surface area contributed by atoms with E-state index in [-0.39, 0.29) is 13.2 Å². The average Bonchev–Trinajstić information content (AvgIpc) is 2.72. The lowest BCUT2D eigenvalue weighted by molar-refractivity contribution is 0.115. The summed E-state index contributed by atoms with van der Waals surface area (Å²) in [6.45, 7) is 5.44. The SMILES string of the molecule is C=CCO/N=C(\C)c1ccc(-c2ccc(CCC(N)(CO)CO)cc2)cc1. The van der Waals surface area contributed by atoms with Crippen molar-refractivity contribution in [2.24, 2.45) is 10.9 Å². The van der Waals surface area contributed by atoms with E-state index >= 15 is 0 Å². The molecule has 0 fully saturated rings. The van der Waals surface area contributed by atoms with Gasteiger partial charge in [-0.3, -0.25) is 0 Å². The topological polar surface area (TPSA) is 88.1 Å². The Bertz CT molecular complexity index is 748. The van der Waals surface area contributed by atoms with Crippen LogP contribution < -0.4 is 5.73 Å².